The fourth-order valence-corrected chi connectivity index (χ4v) is 6.42. The van der Waals surface area contributed by atoms with E-state index in [9.17, 15) is 0 Å². The average Bonchev–Trinajstić information content (AvgIpc) is 2.37. The van der Waals surface area contributed by atoms with Gasteiger partial charge in [0.15, 0.2) is 0 Å². The van der Waals surface area contributed by atoms with Gasteiger partial charge in [-0.25, -0.2) is 0 Å². The van der Waals surface area contributed by atoms with Gasteiger partial charge >= 0.3 is 0 Å². The summed E-state index contributed by atoms with van der Waals surface area (Å²) in [6.45, 7) is 8.26. The van der Waals surface area contributed by atoms with Crippen LogP contribution in [0.2, 0.25) is 0 Å². The molecule has 110 valence electrons. The Morgan fingerprint density at radius 1 is 0.895 bits per heavy atom. The Hall–Kier alpha value is -0.0400. The first kappa shape index (κ1) is 13.9. The maximum absolute atomic E-state index is 3.94. The smallest absolute Gasteiger partial charge is 0.0152 e. The molecule has 4 aliphatic carbocycles. The molecule has 4 aliphatic rings. The van der Waals surface area contributed by atoms with Crippen LogP contribution in [0.15, 0.2) is 0 Å². The van der Waals surface area contributed by atoms with Gasteiger partial charge < -0.3 is 5.32 Å². The molecule has 1 heteroatoms. The van der Waals surface area contributed by atoms with Crippen molar-refractivity contribution < 1.29 is 0 Å². The van der Waals surface area contributed by atoms with Gasteiger partial charge in [-0.05, 0) is 74.2 Å². The van der Waals surface area contributed by atoms with E-state index in [0.29, 0.717) is 5.41 Å². The van der Waals surface area contributed by atoms with Gasteiger partial charge in [0.1, 0.15) is 0 Å². The summed E-state index contributed by atoms with van der Waals surface area (Å²) < 4.78 is 0. The summed E-state index contributed by atoms with van der Waals surface area (Å²) in [5.74, 6) is 4.15. The summed E-state index contributed by atoms with van der Waals surface area (Å²) in [7, 11) is 0. The van der Waals surface area contributed by atoms with Crippen molar-refractivity contribution in [3.05, 3.63) is 0 Å². The predicted molar refractivity (Wildman–Crippen MR) is 82.1 cm³/mol. The Morgan fingerprint density at radius 3 is 1.74 bits per heavy atom. The summed E-state index contributed by atoms with van der Waals surface area (Å²) in [6.07, 6.45) is 12.1. The number of rotatable bonds is 6. The highest BCUT2D eigenvalue weighted by atomic mass is 14.9. The highest BCUT2D eigenvalue weighted by Crippen LogP contribution is 2.62. The lowest BCUT2D eigenvalue weighted by Gasteiger charge is -2.60. The fourth-order valence-electron chi connectivity index (χ4n) is 6.42. The topological polar surface area (TPSA) is 12.0 Å². The quantitative estimate of drug-likeness (QED) is 0.737. The molecule has 0 aromatic heterocycles. The second-order valence-electron chi connectivity index (χ2n) is 7.89. The van der Waals surface area contributed by atoms with E-state index >= 15 is 0 Å². The van der Waals surface area contributed by atoms with Crippen LogP contribution in [0.1, 0.15) is 72.1 Å². The van der Waals surface area contributed by atoms with E-state index in [4.69, 9.17) is 0 Å². The zero-order valence-electron chi connectivity index (χ0n) is 13.3. The van der Waals surface area contributed by atoms with Gasteiger partial charge in [0.2, 0.25) is 0 Å². The molecule has 4 rings (SSSR count). The van der Waals surface area contributed by atoms with Gasteiger partial charge in [-0.1, -0.05) is 33.6 Å². The zero-order chi connectivity index (χ0) is 13.5. The highest BCUT2D eigenvalue weighted by molar-refractivity contribution is 5.07. The molecule has 0 radical (unpaired) electrons. The molecule has 1 atom stereocenters. The van der Waals surface area contributed by atoms with Crippen molar-refractivity contribution in [2.24, 2.45) is 29.1 Å². The van der Waals surface area contributed by atoms with E-state index in [1.165, 1.54) is 12.8 Å². The van der Waals surface area contributed by atoms with Crippen molar-refractivity contribution in [3.8, 4) is 0 Å². The summed E-state index contributed by atoms with van der Waals surface area (Å²) >= 11 is 0. The SMILES string of the molecule is CCNC(C(CC)CC)C12CC3CC(CC(C3)C1)C2. The van der Waals surface area contributed by atoms with Gasteiger partial charge in [-0.2, -0.15) is 0 Å². The molecular formula is C18H33N. The maximum atomic E-state index is 3.94. The molecule has 0 saturated heterocycles. The average molecular weight is 263 g/mol. The minimum atomic E-state index is 0.682. The normalized spacial score (nSPS) is 42.0. The third-order valence-electron chi connectivity index (χ3n) is 6.69. The minimum Gasteiger partial charge on any atom is -0.313 e. The molecule has 1 N–H and O–H groups in total. The molecule has 1 unspecified atom stereocenters. The lowest BCUT2D eigenvalue weighted by molar-refractivity contribution is -0.0854. The van der Waals surface area contributed by atoms with Crippen molar-refractivity contribution in [1.82, 2.24) is 5.32 Å². The molecule has 0 heterocycles. The second kappa shape index (κ2) is 5.39. The van der Waals surface area contributed by atoms with Crippen LogP contribution >= 0.6 is 0 Å². The summed E-state index contributed by atoms with van der Waals surface area (Å²) in [6, 6.07) is 0.806. The van der Waals surface area contributed by atoms with E-state index in [-0.39, 0.29) is 0 Å². The first-order chi connectivity index (χ1) is 9.20. The summed E-state index contributed by atoms with van der Waals surface area (Å²) in [5, 5.41) is 3.94. The molecule has 0 aliphatic heterocycles. The third-order valence-corrected chi connectivity index (χ3v) is 6.69. The molecule has 0 aromatic carbocycles. The van der Waals surface area contributed by atoms with Gasteiger partial charge in [-0.15, -0.1) is 0 Å². The number of hydrogen-bond acceptors (Lipinski definition) is 1. The molecule has 0 amide bonds. The Morgan fingerprint density at radius 2 is 1.37 bits per heavy atom. The van der Waals surface area contributed by atoms with Crippen LogP contribution < -0.4 is 5.32 Å². The lowest BCUT2D eigenvalue weighted by atomic mass is 9.46. The maximum Gasteiger partial charge on any atom is 0.0152 e. The summed E-state index contributed by atoms with van der Waals surface area (Å²) in [5.41, 5.74) is 0.682. The van der Waals surface area contributed by atoms with Gasteiger partial charge in [-0.3, -0.25) is 0 Å². The molecular weight excluding hydrogens is 230 g/mol. The van der Waals surface area contributed by atoms with Crippen LogP contribution in [0.5, 0.6) is 0 Å². The van der Waals surface area contributed by atoms with E-state index in [1.807, 2.05) is 0 Å². The third kappa shape index (κ3) is 2.37. The monoisotopic (exact) mass is 263 g/mol. The van der Waals surface area contributed by atoms with Crippen LogP contribution in [0.4, 0.5) is 0 Å². The van der Waals surface area contributed by atoms with Gasteiger partial charge in [0.05, 0.1) is 0 Å². The molecule has 0 spiro atoms. The Balaban J connectivity index is 1.84. The first-order valence-electron chi connectivity index (χ1n) is 8.94. The molecule has 19 heavy (non-hydrogen) atoms. The van der Waals surface area contributed by atoms with Crippen LogP contribution in [-0.4, -0.2) is 12.6 Å². The number of hydrogen-bond donors (Lipinski definition) is 1. The van der Waals surface area contributed by atoms with Gasteiger partial charge in [0, 0.05) is 6.04 Å². The predicted octanol–water partition coefficient (Wildman–Crippen LogP) is 4.62. The van der Waals surface area contributed by atoms with E-state index in [1.54, 1.807) is 38.5 Å². The standard InChI is InChI=1S/C18H33N/c1-4-16(5-2)17(19-6-3)18-10-13-7-14(11-18)9-15(8-13)12-18/h13-17,19H,4-12H2,1-3H3. The summed E-state index contributed by atoms with van der Waals surface area (Å²) in [4.78, 5) is 0. The van der Waals surface area contributed by atoms with Crippen LogP contribution in [0.25, 0.3) is 0 Å². The van der Waals surface area contributed by atoms with Gasteiger partial charge in [0.25, 0.3) is 0 Å². The van der Waals surface area contributed by atoms with Crippen molar-refractivity contribution in [1.29, 1.82) is 0 Å². The first-order valence-corrected chi connectivity index (χ1v) is 8.94. The van der Waals surface area contributed by atoms with E-state index in [2.05, 4.69) is 26.1 Å². The van der Waals surface area contributed by atoms with E-state index < -0.39 is 0 Å². The van der Waals surface area contributed by atoms with Crippen LogP contribution in [0.3, 0.4) is 0 Å². The van der Waals surface area contributed by atoms with Crippen molar-refractivity contribution in [2.75, 3.05) is 6.54 Å². The fraction of sp³-hybridized carbons (Fsp3) is 1.00. The minimum absolute atomic E-state index is 0.682. The Kier molecular flexibility index (Phi) is 3.95. The van der Waals surface area contributed by atoms with Crippen LogP contribution in [0, 0.1) is 29.1 Å². The largest absolute Gasteiger partial charge is 0.313 e. The van der Waals surface area contributed by atoms with Crippen molar-refractivity contribution in [2.45, 2.75) is 78.2 Å². The van der Waals surface area contributed by atoms with Crippen molar-refractivity contribution >= 4 is 0 Å². The van der Waals surface area contributed by atoms with Crippen LogP contribution in [-0.2, 0) is 0 Å². The Bertz CT molecular complexity index is 270. The number of nitrogens with one attached hydrogen (secondary N) is 1. The Labute approximate surface area is 119 Å². The molecule has 1 nitrogen and oxygen atoms in total. The van der Waals surface area contributed by atoms with E-state index in [0.717, 1.165) is 36.3 Å². The highest BCUT2D eigenvalue weighted by Gasteiger charge is 2.54. The molecule has 4 saturated carbocycles. The zero-order valence-corrected chi connectivity index (χ0v) is 13.3. The van der Waals surface area contributed by atoms with Crippen molar-refractivity contribution in [3.63, 3.8) is 0 Å². The molecule has 4 bridgehead atoms. The molecule has 4 fully saturated rings. The second-order valence-corrected chi connectivity index (χ2v) is 7.89. The molecule has 0 aromatic rings. The lowest BCUT2D eigenvalue weighted by Crippen LogP contribution is -2.58.